The topological polar surface area (TPSA) is 0 Å². The Kier molecular flexibility index (Phi) is 4.89. The Bertz CT molecular complexity index is 334. The second-order valence-corrected chi connectivity index (χ2v) is 3.96. The lowest BCUT2D eigenvalue weighted by Crippen LogP contribution is -1.90. The van der Waals surface area contributed by atoms with Gasteiger partial charge in [0.2, 0.25) is 0 Å². The highest BCUT2D eigenvalue weighted by molar-refractivity contribution is 5.29. The Morgan fingerprint density at radius 1 is 1.33 bits per heavy atom. The van der Waals surface area contributed by atoms with Crippen molar-refractivity contribution in [2.24, 2.45) is 0 Å². The van der Waals surface area contributed by atoms with E-state index in [1.165, 1.54) is 30.4 Å². The highest BCUT2D eigenvalue weighted by Gasteiger charge is 1.97. The lowest BCUT2D eigenvalue weighted by atomic mass is 10.0. The van der Waals surface area contributed by atoms with Crippen LogP contribution in [0.2, 0.25) is 0 Å². The van der Waals surface area contributed by atoms with Crippen molar-refractivity contribution in [1.82, 2.24) is 0 Å². The van der Waals surface area contributed by atoms with E-state index in [2.05, 4.69) is 44.3 Å². The van der Waals surface area contributed by atoms with Crippen LogP contribution in [0, 0.1) is 0 Å². The van der Waals surface area contributed by atoms with Crippen molar-refractivity contribution in [3.63, 3.8) is 0 Å². The van der Waals surface area contributed by atoms with Gasteiger partial charge in [0, 0.05) is 0 Å². The summed E-state index contributed by atoms with van der Waals surface area (Å²) in [4.78, 5) is 0. The van der Waals surface area contributed by atoms with Gasteiger partial charge in [0.05, 0.1) is 0 Å². The van der Waals surface area contributed by atoms with E-state index in [1.807, 2.05) is 6.08 Å². The number of benzene rings is 1. The summed E-state index contributed by atoms with van der Waals surface area (Å²) in [7, 11) is 0. The standard InChI is InChI=1S/C15H20/c1-4-6-8-14-9-7-10-15(12-14)11-13(3)5-2/h5,7,9-10,12H,2-4,6,8,11H2,1H3. The second-order valence-electron chi connectivity index (χ2n) is 3.96. The molecule has 80 valence electrons. The van der Waals surface area contributed by atoms with Crippen molar-refractivity contribution in [3.8, 4) is 0 Å². The predicted octanol–water partition coefficient (Wildman–Crippen LogP) is 4.31. The molecule has 0 spiro atoms. The van der Waals surface area contributed by atoms with Gasteiger partial charge in [-0.15, -0.1) is 0 Å². The number of allylic oxidation sites excluding steroid dienone is 2. The normalized spacial score (nSPS) is 9.93. The molecule has 1 rings (SSSR count). The number of aryl methyl sites for hydroxylation is 1. The Hall–Kier alpha value is -1.30. The molecule has 0 unspecified atom stereocenters. The summed E-state index contributed by atoms with van der Waals surface area (Å²) in [6, 6.07) is 8.78. The molecule has 0 aliphatic rings. The monoisotopic (exact) mass is 200 g/mol. The Morgan fingerprint density at radius 2 is 2.07 bits per heavy atom. The van der Waals surface area contributed by atoms with Crippen molar-refractivity contribution in [3.05, 3.63) is 60.2 Å². The summed E-state index contributed by atoms with van der Waals surface area (Å²) in [5.41, 5.74) is 3.86. The Morgan fingerprint density at radius 3 is 2.73 bits per heavy atom. The number of hydrogen-bond donors (Lipinski definition) is 0. The van der Waals surface area contributed by atoms with Crippen molar-refractivity contribution in [1.29, 1.82) is 0 Å². The van der Waals surface area contributed by atoms with E-state index < -0.39 is 0 Å². The van der Waals surface area contributed by atoms with Crippen LogP contribution in [0.1, 0.15) is 30.9 Å². The Labute approximate surface area is 93.3 Å². The molecule has 0 atom stereocenters. The lowest BCUT2D eigenvalue weighted by molar-refractivity contribution is 0.794. The zero-order chi connectivity index (χ0) is 11.1. The van der Waals surface area contributed by atoms with E-state index in [0.29, 0.717) is 0 Å². The molecule has 0 aromatic heterocycles. The molecule has 0 aliphatic heterocycles. The minimum atomic E-state index is 0.920. The molecule has 0 heteroatoms. The summed E-state index contributed by atoms with van der Waals surface area (Å²) in [5, 5.41) is 0. The quantitative estimate of drug-likeness (QED) is 0.600. The third-order valence-electron chi connectivity index (χ3n) is 2.53. The van der Waals surface area contributed by atoms with Crippen LogP contribution < -0.4 is 0 Å². The summed E-state index contributed by atoms with van der Waals surface area (Å²) < 4.78 is 0. The molecule has 0 saturated heterocycles. The molecule has 0 bridgehead atoms. The van der Waals surface area contributed by atoms with Gasteiger partial charge in [-0.1, -0.05) is 62.4 Å². The van der Waals surface area contributed by atoms with Crippen LogP contribution in [0.25, 0.3) is 0 Å². The molecular formula is C15H20. The fourth-order valence-electron chi connectivity index (χ4n) is 1.61. The van der Waals surface area contributed by atoms with E-state index in [1.54, 1.807) is 0 Å². The Balaban J connectivity index is 2.65. The summed E-state index contributed by atoms with van der Waals surface area (Å²) in [6.07, 6.45) is 6.46. The zero-order valence-electron chi connectivity index (χ0n) is 9.63. The first-order valence-electron chi connectivity index (χ1n) is 5.64. The van der Waals surface area contributed by atoms with E-state index in [9.17, 15) is 0 Å². The first kappa shape index (κ1) is 11.8. The highest BCUT2D eigenvalue weighted by atomic mass is 14.0. The van der Waals surface area contributed by atoms with Gasteiger partial charge in [-0.2, -0.15) is 0 Å². The van der Waals surface area contributed by atoms with Gasteiger partial charge in [-0.25, -0.2) is 0 Å². The lowest BCUT2D eigenvalue weighted by Gasteiger charge is -2.04. The highest BCUT2D eigenvalue weighted by Crippen LogP contribution is 2.12. The van der Waals surface area contributed by atoms with Crippen LogP contribution >= 0.6 is 0 Å². The maximum Gasteiger partial charge on any atom is -0.00318 e. The van der Waals surface area contributed by atoms with Gasteiger partial charge in [-0.05, 0) is 30.4 Å². The molecular weight excluding hydrogens is 180 g/mol. The van der Waals surface area contributed by atoms with Crippen molar-refractivity contribution in [2.45, 2.75) is 32.6 Å². The molecule has 0 saturated carbocycles. The van der Waals surface area contributed by atoms with Gasteiger partial charge >= 0.3 is 0 Å². The van der Waals surface area contributed by atoms with E-state index in [4.69, 9.17) is 0 Å². The van der Waals surface area contributed by atoms with Crippen LogP contribution in [0.3, 0.4) is 0 Å². The summed E-state index contributed by atoms with van der Waals surface area (Å²) in [6.45, 7) is 9.90. The van der Waals surface area contributed by atoms with E-state index in [-0.39, 0.29) is 0 Å². The van der Waals surface area contributed by atoms with Gasteiger partial charge in [0.1, 0.15) is 0 Å². The number of rotatable bonds is 6. The average molecular weight is 200 g/mol. The predicted molar refractivity (Wildman–Crippen MR) is 68.1 cm³/mol. The molecule has 0 heterocycles. The molecule has 0 radical (unpaired) electrons. The first-order chi connectivity index (χ1) is 7.26. The minimum Gasteiger partial charge on any atom is -0.0988 e. The summed E-state index contributed by atoms with van der Waals surface area (Å²) in [5.74, 6) is 0. The smallest absolute Gasteiger partial charge is 0.00318 e. The van der Waals surface area contributed by atoms with E-state index >= 15 is 0 Å². The van der Waals surface area contributed by atoms with Crippen LogP contribution in [0.5, 0.6) is 0 Å². The largest absolute Gasteiger partial charge is 0.0988 e. The molecule has 0 aliphatic carbocycles. The molecule has 0 fully saturated rings. The van der Waals surface area contributed by atoms with Crippen molar-refractivity contribution >= 4 is 0 Å². The van der Waals surface area contributed by atoms with Gasteiger partial charge in [0.25, 0.3) is 0 Å². The SMILES string of the molecule is C=CC(=C)Cc1cccc(CCCC)c1. The number of unbranched alkanes of at least 4 members (excludes halogenated alkanes) is 1. The van der Waals surface area contributed by atoms with Crippen LogP contribution in [0.15, 0.2) is 49.1 Å². The molecule has 15 heavy (non-hydrogen) atoms. The maximum atomic E-state index is 3.94. The molecule has 0 N–H and O–H groups in total. The molecule has 1 aromatic carbocycles. The summed E-state index contributed by atoms with van der Waals surface area (Å²) >= 11 is 0. The molecule has 1 aromatic rings. The minimum absolute atomic E-state index is 0.920. The third-order valence-corrected chi connectivity index (χ3v) is 2.53. The molecule has 0 nitrogen and oxygen atoms in total. The second kappa shape index (κ2) is 6.23. The van der Waals surface area contributed by atoms with E-state index in [0.717, 1.165) is 12.0 Å². The third kappa shape index (κ3) is 4.16. The van der Waals surface area contributed by atoms with Crippen LogP contribution in [-0.2, 0) is 12.8 Å². The fourth-order valence-corrected chi connectivity index (χ4v) is 1.61. The van der Waals surface area contributed by atoms with Gasteiger partial charge in [-0.3, -0.25) is 0 Å². The molecule has 0 amide bonds. The van der Waals surface area contributed by atoms with Crippen LogP contribution in [-0.4, -0.2) is 0 Å². The first-order valence-corrected chi connectivity index (χ1v) is 5.64. The van der Waals surface area contributed by atoms with Gasteiger partial charge in [0.15, 0.2) is 0 Å². The van der Waals surface area contributed by atoms with Crippen molar-refractivity contribution < 1.29 is 0 Å². The number of hydrogen-bond acceptors (Lipinski definition) is 0. The van der Waals surface area contributed by atoms with Crippen LogP contribution in [0.4, 0.5) is 0 Å². The fraction of sp³-hybridized carbons (Fsp3) is 0.333. The van der Waals surface area contributed by atoms with Crippen molar-refractivity contribution in [2.75, 3.05) is 0 Å². The maximum absolute atomic E-state index is 3.94. The average Bonchev–Trinajstić information content (AvgIpc) is 2.26. The van der Waals surface area contributed by atoms with Gasteiger partial charge < -0.3 is 0 Å². The zero-order valence-corrected chi connectivity index (χ0v) is 9.63.